The molecule has 0 aliphatic heterocycles. The highest BCUT2D eigenvalue weighted by Crippen LogP contribution is 2.65. The summed E-state index contributed by atoms with van der Waals surface area (Å²) in [6, 6.07) is 0. The molecule has 0 aliphatic rings. The van der Waals surface area contributed by atoms with Crippen LogP contribution in [-0.4, -0.2) is 53.7 Å². The van der Waals surface area contributed by atoms with Crippen LogP contribution in [-0.2, 0) is 5.11 Å². The Labute approximate surface area is 144 Å². The number of rotatable bonds is 5. The van der Waals surface area contributed by atoms with Crippen molar-refractivity contribution in [2.24, 2.45) is 0 Å². The normalized spacial score (nSPS) is 17.0. The van der Waals surface area contributed by atoms with Crippen LogP contribution in [0, 0.1) is 0 Å². The summed E-state index contributed by atoms with van der Waals surface area (Å²) in [5, 5.41) is 10.6. The molecule has 0 rings (SSSR count). The second kappa shape index (κ2) is 6.32. The van der Waals surface area contributed by atoms with Crippen LogP contribution in [0.1, 0.15) is 0 Å². The molecule has 0 N–H and O–H groups in total. The van der Waals surface area contributed by atoms with E-state index in [9.17, 15) is 88.5 Å². The fourth-order valence-corrected chi connectivity index (χ4v) is 1.51. The Bertz CT molecular complexity index is 589. The average Bonchev–Trinajstić information content (AvgIpc) is 2.41. The minimum Gasteiger partial charge on any atom is -0.202 e. The molecular formula is C9F19O. The predicted octanol–water partition coefficient (Wildman–Crippen LogP) is 6.02. The Morgan fingerprint density at radius 3 is 0.690 bits per heavy atom. The van der Waals surface area contributed by atoms with Gasteiger partial charge in [-0.3, -0.25) is 0 Å². The van der Waals surface area contributed by atoms with Crippen molar-refractivity contribution < 1.29 is 88.5 Å². The summed E-state index contributed by atoms with van der Waals surface area (Å²) in [5.41, 5.74) is -8.54. The lowest BCUT2D eigenvalue weighted by Crippen LogP contribution is -2.78. The largest absolute Gasteiger partial charge is 0.460 e. The molecule has 0 aliphatic carbocycles. The fourth-order valence-electron chi connectivity index (χ4n) is 1.51. The molecule has 0 unspecified atom stereocenters. The topological polar surface area (TPSA) is 19.9 Å². The first-order valence-corrected chi connectivity index (χ1v) is 5.79. The molecule has 1 radical (unpaired) electrons. The fraction of sp³-hybridized carbons (Fsp3) is 1.00. The zero-order valence-electron chi connectivity index (χ0n) is 12.1. The van der Waals surface area contributed by atoms with Crippen LogP contribution in [0.4, 0.5) is 83.4 Å². The Hall–Kier alpha value is -1.37. The first kappa shape index (κ1) is 27.6. The van der Waals surface area contributed by atoms with Crippen molar-refractivity contribution in [2.75, 3.05) is 0 Å². The van der Waals surface area contributed by atoms with Crippen molar-refractivity contribution in [3.63, 3.8) is 0 Å². The minimum atomic E-state index is -9.05. The van der Waals surface area contributed by atoms with Crippen LogP contribution >= 0.6 is 0 Å². The first-order chi connectivity index (χ1) is 12.0. The maximum Gasteiger partial charge on any atom is 0.460 e. The van der Waals surface area contributed by atoms with Crippen LogP contribution in [0.25, 0.3) is 0 Å². The van der Waals surface area contributed by atoms with E-state index in [-0.39, 0.29) is 0 Å². The Kier molecular flexibility index (Phi) is 6.02. The van der Waals surface area contributed by atoms with Gasteiger partial charge >= 0.3 is 53.7 Å². The minimum absolute atomic E-state index is 7.94. The highest BCUT2D eigenvalue weighted by atomic mass is 19.4. The number of hydrogen-bond donors (Lipinski definition) is 0. The molecule has 0 bridgehead atoms. The maximum atomic E-state index is 13.1. The van der Waals surface area contributed by atoms with E-state index in [0.29, 0.717) is 0 Å². The highest BCUT2D eigenvalue weighted by Gasteiger charge is 2.98. The van der Waals surface area contributed by atoms with Crippen LogP contribution in [0.2, 0.25) is 0 Å². The maximum absolute atomic E-state index is 13.1. The van der Waals surface area contributed by atoms with Gasteiger partial charge in [0.15, 0.2) is 0 Å². The monoisotopic (exact) mass is 485 g/mol. The Morgan fingerprint density at radius 1 is 0.276 bits per heavy atom. The van der Waals surface area contributed by atoms with E-state index in [2.05, 4.69) is 0 Å². The van der Waals surface area contributed by atoms with Gasteiger partial charge in [0.2, 0.25) is 0 Å². The highest BCUT2D eigenvalue weighted by molar-refractivity contribution is 5.18. The van der Waals surface area contributed by atoms with Crippen LogP contribution in [0.15, 0.2) is 0 Å². The van der Waals surface area contributed by atoms with Crippen molar-refractivity contribution in [3.8, 4) is 0 Å². The summed E-state index contributed by atoms with van der Waals surface area (Å²) in [4.78, 5) is 0. The summed E-state index contributed by atoms with van der Waals surface area (Å²) in [5.74, 6) is -44.1. The van der Waals surface area contributed by atoms with Gasteiger partial charge in [-0.25, -0.2) is 5.11 Å². The third kappa shape index (κ3) is 3.24. The van der Waals surface area contributed by atoms with Gasteiger partial charge in [-0.2, -0.15) is 83.4 Å². The molecule has 0 aromatic rings. The lowest BCUT2D eigenvalue weighted by atomic mass is 9.83. The Morgan fingerprint density at radius 2 is 0.483 bits per heavy atom. The average molecular weight is 485 g/mol. The summed E-state index contributed by atoms with van der Waals surface area (Å²) >= 11 is 0. The van der Waals surface area contributed by atoms with Crippen LogP contribution < -0.4 is 0 Å². The molecule has 1 nitrogen and oxygen atoms in total. The molecule has 0 amide bonds. The van der Waals surface area contributed by atoms with Crippen molar-refractivity contribution in [3.05, 3.63) is 0 Å². The van der Waals surface area contributed by atoms with Gasteiger partial charge < -0.3 is 0 Å². The molecule has 0 fully saturated rings. The second-order valence-electron chi connectivity index (χ2n) is 5.05. The number of alkyl halides is 19. The molecule has 0 saturated carbocycles. The molecule has 175 valence electrons. The standard InChI is InChI=1S/C9F19O/c10-2(11,1(29,7(20,21)22)8(23,24)25)3(12,13)4(14,15)5(16,17)6(18,19)9(26,27)28. The molecule has 0 saturated heterocycles. The van der Waals surface area contributed by atoms with Crippen LogP contribution in [0.3, 0.4) is 0 Å². The Balaban J connectivity index is 7.04. The van der Waals surface area contributed by atoms with E-state index in [1.807, 2.05) is 0 Å². The number of halogens is 19. The van der Waals surface area contributed by atoms with Gasteiger partial charge in [-0.05, 0) is 0 Å². The van der Waals surface area contributed by atoms with E-state index in [1.165, 1.54) is 0 Å². The molecule has 0 heterocycles. The third-order valence-electron chi connectivity index (χ3n) is 3.17. The zero-order valence-corrected chi connectivity index (χ0v) is 12.1. The molecule has 0 spiro atoms. The van der Waals surface area contributed by atoms with Crippen molar-refractivity contribution >= 4 is 0 Å². The van der Waals surface area contributed by atoms with E-state index in [1.54, 1.807) is 0 Å². The summed E-state index contributed by atoms with van der Waals surface area (Å²) < 4.78 is 237. The quantitative estimate of drug-likeness (QED) is 0.425. The molecule has 0 aromatic heterocycles. The lowest BCUT2D eigenvalue weighted by molar-refractivity contribution is -0.498. The molecule has 20 heteroatoms. The van der Waals surface area contributed by atoms with Gasteiger partial charge in [-0.1, -0.05) is 0 Å². The summed E-state index contributed by atoms with van der Waals surface area (Å²) in [7, 11) is 0. The third-order valence-corrected chi connectivity index (χ3v) is 3.17. The molecule has 29 heavy (non-hydrogen) atoms. The second-order valence-corrected chi connectivity index (χ2v) is 5.05. The first-order valence-electron chi connectivity index (χ1n) is 5.79. The van der Waals surface area contributed by atoms with Crippen LogP contribution in [0.5, 0.6) is 0 Å². The van der Waals surface area contributed by atoms with E-state index >= 15 is 0 Å². The van der Waals surface area contributed by atoms with E-state index < -0.39 is 53.7 Å². The SMILES string of the molecule is [O]C(C(F)(F)F)(C(F)(F)F)C(F)(F)C(F)(F)C(F)(F)C(F)(F)C(F)(F)C(F)(F)F. The van der Waals surface area contributed by atoms with Gasteiger partial charge in [-0.15, -0.1) is 0 Å². The summed E-state index contributed by atoms with van der Waals surface area (Å²) in [6.07, 6.45) is -24.4. The molecule has 0 atom stereocenters. The zero-order chi connectivity index (χ0) is 24.5. The molecule has 0 aromatic carbocycles. The summed E-state index contributed by atoms with van der Waals surface area (Å²) in [6.45, 7) is 0. The van der Waals surface area contributed by atoms with Gasteiger partial charge in [0.1, 0.15) is 0 Å². The van der Waals surface area contributed by atoms with Crippen molar-refractivity contribution in [1.82, 2.24) is 0 Å². The lowest BCUT2D eigenvalue weighted by Gasteiger charge is -2.44. The number of hydrogen-bond acceptors (Lipinski definition) is 0. The van der Waals surface area contributed by atoms with E-state index in [0.717, 1.165) is 0 Å². The van der Waals surface area contributed by atoms with Crippen molar-refractivity contribution in [1.29, 1.82) is 0 Å². The predicted molar refractivity (Wildman–Crippen MR) is 46.3 cm³/mol. The van der Waals surface area contributed by atoms with Gasteiger partial charge in [0.25, 0.3) is 0 Å². The van der Waals surface area contributed by atoms with Gasteiger partial charge in [0, 0.05) is 0 Å². The van der Waals surface area contributed by atoms with Crippen molar-refractivity contribution in [2.45, 2.75) is 53.7 Å². The molecular weight excluding hydrogens is 485 g/mol. The van der Waals surface area contributed by atoms with Gasteiger partial charge in [0.05, 0.1) is 0 Å². The van der Waals surface area contributed by atoms with E-state index in [4.69, 9.17) is 0 Å². The smallest absolute Gasteiger partial charge is 0.202 e.